The van der Waals surface area contributed by atoms with Gasteiger partial charge in [-0.3, -0.25) is 4.79 Å². The third-order valence-corrected chi connectivity index (χ3v) is 2.18. The predicted octanol–water partition coefficient (Wildman–Crippen LogP) is -0.824. The Balaban J connectivity index is 2.31. The van der Waals surface area contributed by atoms with Gasteiger partial charge < -0.3 is 15.7 Å². The molecule has 1 saturated heterocycles. The fourth-order valence-electron chi connectivity index (χ4n) is 1.47. The highest BCUT2D eigenvalue weighted by atomic mass is 16.3. The monoisotopic (exact) mass is 172 g/mol. The number of amides is 1. The zero-order valence-electron chi connectivity index (χ0n) is 7.20. The van der Waals surface area contributed by atoms with E-state index in [0.717, 1.165) is 13.0 Å². The van der Waals surface area contributed by atoms with Crippen LogP contribution in [0.15, 0.2) is 0 Å². The quantitative estimate of drug-likeness (QED) is 0.582. The van der Waals surface area contributed by atoms with E-state index >= 15 is 0 Å². The first-order chi connectivity index (χ1) is 5.77. The van der Waals surface area contributed by atoms with Crippen LogP contribution >= 0.6 is 0 Å². The molecule has 1 unspecified atom stereocenters. The molecule has 0 bridgehead atoms. The highest BCUT2D eigenvalue weighted by Crippen LogP contribution is 2.16. The van der Waals surface area contributed by atoms with Gasteiger partial charge in [-0.1, -0.05) is 0 Å². The number of rotatable bonds is 4. The van der Waals surface area contributed by atoms with E-state index in [1.54, 1.807) is 4.90 Å². The van der Waals surface area contributed by atoms with Crippen molar-refractivity contribution in [1.82, 2.24) is 4.90 Å². The largest absolute Gasteiger partial charge is 0.396 e. The van der Waals surface area contributed by atoms with Gasteiger partial charge in [-0.2, -0.15) is 0 Å². The highest BCUT2D eigenvalue weighted by Gasteiger charge is 2.27. The Bertz CT molecular complexity index is 161. The van der Waals surface area contributed by atoms with Crippen molar-refractivity contribution in [3.63, 3.8) is 0 Å². The van der Waals surface area contributed by atoms with Gasteiger partial charge in [0.15, 0.2) is 0 Å². The average Bonchev–Trinajstić information content (AvgIpc) is 2.43. The lowest BCUT2D eigenvalue weighted by atomic mass is 10.1. The van der Waals surface area contributed by atoms with Crippen LogP contribution in [0.4, 0.5) is 0 Å². The van der Waals surface area contributed by atoms with Gasteiger partial charge in [-0.05, 0) is 13.0 Å². The summed E-state index contributed by atoms with van der Waals surface area (Å²) in [5.41, 5.74) is 5.33. The first kappa shape index (κ1) is 9.48. The van der Waals surface area contributed by atoms with Crippen molar-refractivity contribution in [2.45, 2.75) is 12.8 Å². The number of aliphatic hydroxyl groups excluding tert-OH is 1. The molecule has 1 atom stereocenters. The molecule has 0 aliphatic carbocycles. The van der Waals surface area contributed by atoms with Crippen LogP contribution in [0.1, 0.15) is 12.8 Å². The number of likely N-dealkylation sites (tertiary alicyclic amines) is 1. The van der Waals surface area contributed by atoms with Crippen molar-refractivity contribution < 1.29 is 9.90 Å². The molecule has 1 fully saturated rings. The van der Waals surface area contributed by atoms with Gasteiger partial charge in [0.1, 0.15) is 0 Å². The SMILES string of the molecule is NCCCN1CC(CO)CC1=O. The van der Waals surface area contributed by atoms with Crippen LogP contribution in [0, 0.1) is 5.92 Å². The fraction of sp³-hybridized carbons (Fsp3) is 0.875. The Morgan fingerprint density at radius 3 is 2.92 bits per heavy atom. The van der Waals surface area contributed by atoms with Crippen LogP contribution in [-0.4, -0.2) is 42.2 Å². The minimum Gasteiger partial charge on any atom is -0.396 e. The summed E-state index contributed by atoms with van der Waals surface area (Å²) in [6.45, 7) is 2.18. The van der Waals surface area contributed by atoms with Gasteiger partial charge in [-0.25, -0.2) is 0 Å². The topological polar surface area (TPSA) is 66.6 Å². The average molecular weight is 172 g/mol. The number of carbonyl (C=O) groups excluding carboxylic acids is 1. The van der Waals surface area contributed by atoms with Crippen molar-refractivity contribution in [2.75, 3.05) is 26.2 Å². The number of hydrogen-bond acceptors (Lipinski definition) is 3. The van der Waals surface area contributed by atoms with E-state index in [9.17, 15) is 4.79 Å². The molecule has 1 heterocycles. The molecule has 3 N–H and O–H groups in total. The fourth-order valence-corrected chi connectivity index (χ4v) is 1.47. The second-order valence-electron chi connectivity index (χ2n) is 3.23. The van der Waals surface area contributed by atoms with Crippen LogP contribution in [-0.2, 0) is 4.79 Å². The van der Waals surface area contributed by atoms with Crippen LogP contribution < -0.4 is 5.73 Å². The Hall–Kier alpha value is -0.610. The maximum Gasteiger partial charge on any atom is 0.223 e. The summed E-state index contributed by atoms with van der Waals surface area (Å²) < 4.78 is 0. The van der Waals surface area contributed by atoms with Crippen LogP contribution in [0.25, 0.3) is 0 Å². The Morgan fingerprint density at radius 1 is 1.67 bits per heavy atom. The highest BCUT2D eigenvalue weighted by molar-refractivity contribution is 5.78. The zero-order chi connectivity index (χ0) is 8.97. The molecule has 1 amide bonds. The molecule has 1 aliphatic heterocycles. The molecule has 1 rings (SSSR count). The minimum atomic E-state index is 0.116. The molecule has 4 heteroatoms. The van der Waals surface area contributed by atoms with Crippen LogP contribution in [0.3, 0.4) is 0 Å². The van der Waals surface area contributed by atoms with Crippen molar-refractivity contribution in [2.24, 2.45) is 11.7 Å². The molecular formula is C8H16N2O2. The Labute approximate surface area is 72.3 Å². The summed E-state index contributed by atoms with van der Waals surface area (Å²) >= 11 is 0. The van der Waals surface area contributed by atoms with Crippen molar-refractivity contribution in [3.05, 3.63) is 0 Å². The first-order valence-electron chi connectivity index (χ1n) is 4.36. The molecular weight excluding hydrogens is 156 g/mol. The van der Waals surface area contributed by atoms with E-state index in [-0.39, 0.29) is 18.4 Å². The lowest BCUT2D eigenvalue weighted by Crippen LogP contribution is -2.28. The smallest absolute Gasteiger partial charge is 0.223 e. The first-order valence-corrected chi connectivity index (χ1v) is 4.36. The minimum absolute atomic E-state index is 0.116. The summed E-state index contributed by atoms with van der Waals surface area (Å²) in [6, 6.07) is 0. The second kappa shape index (κ2) is 4.42. The number of hydrogen-bond donors (Lipinski definition) is 2. The summed E-state index contributed by atoms with van der Waals surface area (Å²) in [5, 5.41) is 8.82. The third kappa shape index (κ3) is 2.19. The molecule has 0 aromatic heterocycles. The van der Waals surface area contributed by atoms with Gasteiger partial charge in [0.25, 0.3) is 0 Å². The summed E-state index contributed by atoms with van der Waals surface area (Å²) in [5.74, 6) is 0.303. The maximum absolute atomic E-state index is 11.2. The molecule has 1 aliphatic rings. The zero-order valence-corrected chi connectivity index (χ0v) is 7.20. The molecule has 0 aromatic carbocycles. The van der Waals surface area contributed by atoms with Gasteiger partial charge in [0.2, 0.25) is 5.91 Å². The van der Waals surface area contributed by atoms with Gasteiger partial charge >= 0.3 is 0 Å². The lowest BCUT2D eigenvalue weighted by molar-refractivity contribution is -0.127. The van der Waals surface area contributed by atoms with Crippen molar-refractivity contribution in [3.8, 4) is 0 Å². The van der Waals surface area contributed by atoms with E-state index in [1.807, 2.05) is 0 Å². The predicted molar refractivity (Wildman–Crippen MR) is 45.4 cm³/mol. The van der Waals surface area contributed by atoms with Crippen molar-refractivity contribution in [1.29, 1.82) is 0 Å². The molecule has 0 radical (unpaired) electrons. The summed E-state index contributed by atoms with van der Waals surface area (Å²) in [7, 11) is 0. The molecule has 4 nitrogen and oxygen atoms in total. The third-order valence-electron chi connectivity index (χ3n) is 2.18. The van der Waals surface area contributed by atoms with Crippen molar-refractivity contribution >= 4 is 5.91 Å². The van der Waals surface area contributed by atoms with E-state index < -0.39 is 0 Å². The number of carbonyl (C=O) groups is 1. The standard InChI is InChI=1S/C8H16N2O2/c9-2-1-3-10-5-7(6-11)4-8(10)12/h7,11H,1-6,9H2. The van der Waals surface area contributed by atoms with Gasteiger partial charge in [0, 0.05) is 32.0 Å². The molecule has 0 spiro atoms. The summed E-state index contributed by atoms with van der Waals surface area (Å²) in [6.07, 6.45) is 1.35. The molecule has 0 saturated carbocycles. The van der Waals surface area contributed by atoms with Gasteiger partial charge in [-0.15, -0.1) is 0 Å². The number of nitrogens with two attached hydrogens (primary N) is 1. The van der Waals surface area contributed by atoms with Crippen LogP contribution in [0.5, 0.6) is 0 Å². The maximum atomic E-state index is 11.2. The van der Waals surface area contributed by atoms with E-state index in [2.05, 4.69) is 0 Å². The molecule has 12 heavy (non-hydrogen) atoms. The van der Waals surface area contributed by atoms with Gasteiger partial charge in [0.05, 0.1) is 0 Å². The normalized spacial score (nSPS) is 23.7. The summed E-state index contributed by atoms with van der Waals surface area (Å²) in [4.78, 5) is 13.0. The molecule has 0 aromatic rings. The second-order valence-corrected chi connectivity index (χ2v) is 3.23. The molecule has 70 valence electrons. The Kier molecular flexibility index (Phi) is 3.49. The number of nitrogens with zero attached hydrogens (tertiary/aromatic N) is 1. The van der Waals surface area contributed by atoms with E-state index in [1.165, 1.54) is 0 Å². The number of aliphatic hydroxyl groups is 1. The van der Waals surface area contributed by atoms with E-state index in [0.29, 0.717) is 19.5 Å². The van der Waals surface area contributed by atoms with E-state index in [4.69, 9.17) is 10.8 Å². The van der Waals surface area contributed by atoms with Crippen LogP contribution in [0.2, 0.25) is 0 Å². The lowest BCUT2D eigenvalue weighted by Gasteiger charge is -2.14. The Morgan fingerprint density at radius 2 is 2.42 bits per heavy atom.